The zero-order chi connectivity index (χ0) is 21.8. The van der Waals surface area contributed by atoms with Gasteiger partial charge in [0.25, 0.3) is 0 Å². The first kappa shape index (κ1) is 23.5. The molecule has 0 heterocycles. The first-order valence-electron chi connectivity index (χ1n) is 10.1. The van der Waals surface area contributed by atoms with Crippen LogP contribution in [0.3, 0.4) is 0 Å². The van der Waals surface area contributed by atoms with E-state index in [4.69, 9.17) is 14.2 Å². The summed E-state index contributed by atoms with van der Waals surface area (Å²) >= 11 is 0. The lowest BCUT2D eigenvalue weighted by atomic mass is 9.89. The van der Waals surface area contributed by atoms with E-state index in [1.165, 1.54) is 0 Å². The van der Waals surface area contributed by atoms with E-state index in [1.807, 2.05) is 60.7 Å². The Hall–Kier alpha value is -2.76. The van der Waals surface area contributed by atoms with Gasteiger partial charge in [-0.25, -0.2) is 4.79 Å². The highest BCUT2D eigenvalue weighted by molar-refractivity contribution is 6.34. The maximum Gasteiger partial charge on any atom is 0.375 e. The van der Waals surface area contributed by atoms with Gasteiger partial charge in [-0.05, 0) is 25.0 Å². The Morgan fingerprint density at radius 1 is 0.867 bits per heavy atom. The van der Waals surface area contributed by atoms with Crippen LogP contribution in [-0.4, -0.2) is 31.1 Å². The molecule has 0 aliphatic rings. The maximum atomic E-state index is 12.8. The number of esters is 1. The van der Waals surface area contributed by atoms with Gasteiger partial charge < -0.3 is 14.2 Å². The Labute approximate surface area is 178 Å². The van der Waals surface area contributed by atoms with Crippen molar-refractivity contribution in [3.63, 3.8) is 0 Å². The second-order valence-corrected chi connectivity index (χ2v) is 7.33. The van der Waals surface area contributed by atoms with Crippen molar-refractivity contribution in [3.8, 4) is 0 Å². The summed E-state index contributed by atoms with van der Waals surface area (Å²) in [7, 11) is 0. The molecule has 2 aromatic rings. The molecule has 160 valence electrons. The molecular weight excluding hydrogens is 380 g/mol. The number of benzene rings is 2. The highest BCUT2D eigenvalue weighted by Crippen LogP contribution is 2.19. The van der Waals surface area contributed by atoms with Gasteiger partial charge in [0.05, 0.1) is 38.4 Å². The van der Waals surface area contributed by atoms with Crippen LogP contribution in [0.1, 0.15) is 25.0 Å². The van der Waals surface area contributed by atoms with Crippen molar-refractivity contribution in [2.75, 3.05) is 13.2 Å². The maximum absolute atomic E-state index is 12.8. The van der Waals surface area contributed by atoms with E-state index in [0.717, 1.165) is 11.1 Å². The Bertz CT molecular complexity index is 786. The largest absolute Gasteiger partial charge is 0.457 e. The lowest BCUT2D eigenvalue weighted by Gasteiger charge is -2.23. The number of carbonyl (C=O) groups is 2. The van der Waals surface area contributed by atoms with Crippen LogP contribution >= 0.6 is 0 Å². The van der Waals surface area contributed by atoms with E-state index >= 15 is 0 Å². The minimum atomic E-state index is -0.853. The standard InChI is InChI=1S/C25H30O5/c1-4-22(17-28-15-20-11-7-5-8-12-20)23(24(26)25(27)30-19(2)3)18-29-16-21-13-9-6-10-14-21/h4-14,19,22-23H,1,15-18H2,2-3H3/t22-,23-/m0/s1. The second kappa shape index (κ2) is 12.7. The van der Waals surface area contributed by atoms with Crippen molar-refractivity contribution in [3.05, 3.63) is 84.4 Å². The molecule has 5 heteroatoms. The number of carbonyl (C=O) groups excluding carboxylic acids is 2. The lowest BCUT2D eigenvalue weighted by Crippen LogP contribution is -2.36. The molecule has 0 bridgehead atoms. The predicted octanol–water partition coefficient (Wildman–Crippen LogP) is 4.36. The summed E-state index contributed by atoms with van der Waals surface area (Å²) in [4.78, 5) is 25.0. The summed E-state index contributed by atoms with van der Waals surface area (Å²) in [6, 6.07) is 19.4. The van der Waals surface area contributed by atoms with E-state index in [-0.39, 0.29) is 25.2 Å². The molecule has 0 spiro atoms. The molecule has 0 radical (unpaired) electrons. The fourth-order valence-electron chi connectivity index (χ4n) is 2.93. The highest BCUT2D eigenvalue weighted by atomic mass is 16.5. The topological polar surface area (TPSA) is 61.8 Å². The van der Waals surface area contributed by atoms with Gasteiger partial charge in [-0.1, -0.05) is 66.7 Å². The smallest absolute Gasteiger partial charge is 0.375 e. The molecule has 0 fully saturated rings. The SMILES string of the molecule is C=C[C@@H](COCc1ccccc1)[C@H](COCc1ccccc1)C(=O)C(=O)OC(C)C. The third-order valence-corrected chi connectivity index (χ3v) is 4.53. The van der Waals surface area contributed by atoms with Crippen molar-refractivity contribution in [2.24, 2.45) is 11.8 Å². The monoisotopic (exact) mass is 410 g/mol. The summed E-state index contributed by atoms with van der Waals surface area (Å²) in [6.07, 6.45) is 1.27. The Balaban J connectivity index is 2.01. The molecule has 0 saturated heterocycles. The summed E-state index contributed by atoms with van der Waals surface area (Å²) in [5, 5.41) is 0. The fraction of sp³-hybridized carbons (Fsp3) is 0.360. The average molecular weight is 411 g/mol. The normalized spacial score (nSPS) is 12.9. The summed E-state index contributed by atoms with van der Waals surface area (Å²) in [6.45, 7) is 8.33. The zero-order valence-corrected chi connectivity index (χ0v) is 17.7. The number of Topliss-reactive ketones (excluding diaryl/α,β-unsaturated/α-hetero) is 1. The molecule has 0 aliphatic heterocycles. The second-order valence-electron chi connectivity index (χ2n) is 7.33. The average Bonchev–Trinajstić information content (AvgIpc) is 2.75. The first-order valence-corrected chi connectivity index (χ1v) is 10.1. The number of hydrogen-bond donors (Lipinski definition) is 0. The zero-order valence-electron chi connectivity index (χ0n) is 17.7. The number of rotatable bonds is 13. The van der Waals surface area contributed by atoms with Crippen LogP contribution in [0.5, 0.6) is 0 Å². The third kappa shape index (κ3) is 7.93. The van der Waals surface area contributed by atoms with E-state index in [0.29, 0.717) is 13.2 Å². The summed E-state index contributed by atoms with van der Waals surface area (Å²) in [5.74, 6) is -2.58. The third-order valence-electron chi connectivity index (χ3n) is 4.53. The molecule has 5 nitrogen and oxygen atoms in total. The van der Waals surface area contributed by atoms with Gasteiger partial charge in [0.1, 0.15) is 0 Å². The van der Waals surface area contributed by atoms with Crippen LogP contribution in [0.25, 0.3) is 0 Å². The number of ketones is 1. The summed E-state index contributed by atoms with van der Waals surface area (Å²) < 4.78 is 16.7. The highest BCUT2D eigenvalue weighted by Gasteiger charge is 2.33. The van der Waals surface area contributed by atoms with Crippen LogP contribution in [0.15, 0.2) is 73.3 Å². The van der Waals surface area contributed by atoms with Gasteiger partial charge in [0.2, 0.25) is 5.78 Å². The van der Waals surface area contributed by atoms with Gasteiger partial charge in [0.15, 0.2) is 0 Å². The Kier molecular flexibility index (Phi) is 9.98. The molecule has 2 rings (SSSR count). The van der Waals surface area contributed by atoms with E-state index < -0.39 is 17.7 Å². The van der Waals surface area contributed by atoms with Crippen molar-refractivity contribution < 1.29 is 23.8 Å². The van der Waals surface area contributed by atoms with E-state index in [9.17, 15) is 9.59 Å². The Morgan fingerprint density at radius 3 is 1.83 bits per heavy atom. The molecule has 30 heavy (non-hydrogen) atoms. The predicted molar refractivity (Wildman–Crippen MR) is 116 cm³/mol. The molecule has 0 aliphatic carbocycles. The van der Waals surface area contributed by atoms with Crippen LogP contribution < -0.4 is 0 Å². The first-order chi connectivity index (χ1) is 14.5. The van der Waals surface area contributed by atoms with Gasteiger partial charge in [0, 0.05) is 5.92 Å². The van der Waals surface area contributed by atoms with Gasteiger partial charge in [-0.15, -0.1) is 6.58 Å². The lowest BCUT2D eigenvalue weighted by molar-refractivity contribution is -0.160. The van der Waals surface area contributed by atoms with Gasteiger partial charge in [-0.2, -0.15) is 0 Å². The van der Waals surface area contributed by atoms with Gasteiger partial charge in [-0.3, -0.25) is 4.79 Å². The van der Waals surface area contributed by atoms with Crippen molar-refractivity contribution >= 4 is 11.8 Å². The molecule has 2 aromatic carbocycles. The molecule has 0 amide bonds. The minimum Gasteiger partial charge on any atom is -0.457 e. The molecule has 2 atom stereocenters. The molecular formula is C25H30O5. The molecule has 0 N–H and O–H groups in total. The molecule has 0 unspecified atom stereocenters. The fourth-order valence-corrected chi connectivity index (χ4v) is 2.93. The van der Waals surface area contributed by atoms with Crippen molar-refractivity contribution in [2.45, 2.75) is 33.2 Å². The number of hydrogen-bond acceptors (Lipinski definition) is 5. The van der Waals surface area contributed by atoms with Crippen LogP contribution in [0, 0.1) is 11.8 Å². The van der Waals surface area contributed by atoms with Gasteiger partial charge >= 0.3 is 5.97 Å². The van der Waals surface area contributed by atoms with Crippen LogP contribution in [-0.2, 0) is 37.0 Å². The summed E-state index contributed by atoms with van der Waals surface area (Å²) in [5.41, 5.74) is 2.02. The van der Waals surface area contributed by atoms with Crippen molar-refractivity contribution in [1.29, 1.82) is 0 Å². The van der Waals surface area contributed by atoms with Crippen LogP contribution in [0.4, 0.5) is 0 Å². The van der Waals surface area contributed by atoms with Crippen LogP contribution in [0.2, 0.25) is 0 Å². The molecule has 0 aromatic heterocycles. The van der Waals surface area contributed by atoms with Crippen molar-refractivity contribution in [1.82, 2.24) is 0 Å². The Morgan fingerprint density at radius 2 is 1.37 bits per heavy atom. The number of ether oxygens (including phenoxy) is 3. The minimum absolute atomic E-state index is 0.0757. The van der Waals surface area contributed by atoms with E-state index in [2.05, 4.69) is 6.58 Å². The van der Waals surface area contributed by atoms with E-state index in [1.54, 1.807) is 19.9 Å². The quantitative estimate of drug-likeness (QED) is 0.279. The molecule has 0 saturated carbocycles.